The Bertz CT molecular complexity index is 556. The monoisotopic (exact) mass is 304 g/mol. The number of carbonyl (C=O) groups is 1. The molecule has 0 saturated heterocycles. The largest absolute Gasteiger partial charge is 0.382 e. The van der Waals surface area contributed by atoms with Crippen LogP contribution in [0.3, 0.4) is 0 Å². The van der Waals surface area contributed by atoms with E-state index in [2.05, 4.69) is 49.6 Å². The fourth-order valence-electron chi connectivity index (χ4n) is 3.86. The maximum atomic E-state index is 11.5. The van der Waals surface area contributed by atoms with Gasteiger partial charge in [-0.15, -0.1) is 11.8 Å². The Labute approximate surface area is 131 Å². The van der Waals surface area contributed by atoms with Gasteiger partial charge in [-0.3, -0.25) is 4.79 Å². The number of benzene rings is 1. The number of rotatable bonds is 2. The second-order valence-electron chi connectivity index (χ2n) is 7.30. The molecule has 0 radical (unpaired) electrons. The summed E-state index contributed by atoms with van der Waals surface area (Å²) < 4.78 is 0. The van der Waals surface area contributed by atoms with Crippen molar-refractivity contribution in [3.8, 4) is 0 Å². The molecule has 2 unspecified atom stereocenters. The van der Waals surface area contributed by atoms with Gasteiger partial charge in [0, 0.05) is 16.6 Å². The number of hydrogen-bond donors (Lipinski definition) is 2. The molecule has 0 aromatic heterocycles. The van der Waals surface area contributed by atoms with Gasteiger partial charge in [0.05, 0.1) is 11.4 Å². The predicted octanol–water partition coefficient (Wildman–Crippen LogP) is 4.36. The van der Waals surface area contributed by atoms with E-state index in [1.54, 1.807) is 11.8 Å². The second-order valence-corrected chi connectivity index (χ2v) is 8.32. The zero-order valence-corrected chi connectivity index (χ0v) is 13.8. The molecule has 1 heterocycles. The fourth-order valence-corrected chi connectivity index (χ4v) is 4.65. The average molecular weight is 304 g/mol. The molecule has 2 N–H and O–H groups in total. The maximum absolute atomic E-state index is 11.5. The first-order chi connectivity index (χ1) is 9.91. The van der Waals surface area contributed by atoms with Crippen molar-refractivity contribution >= 4 is 29.0 Å². The van der Waals surface area contributed by atoms with E-state index >= 15 is 0 Å². The summed E-state index contributed by atoms with van der Waals surface area (Å²) in [5, 5.41) is 6.63. The summed E-state index contributed by atoms with van der Waals surface area (Å²) in [5.41, 5.74) is 2.48. The second kappa shape index (κ2) is 5.56. The SMILES string of the molecule is CC1CC(Nc2ccc3c(c2)NC(=O)CS3)CC(C)(C)C1. The van der Waals surface area contributed by atoms with Gasteiger partial charge in [0.2, 0.25) is 5.91 Å². The van der Waals surface area contributed by atoms with Crippen LogP contribution in [0, 0.1) is 11.3 Å². The maximum Gasteiger partial charge on any atom is 0.234 e. The number of nitrogens with one attached hydrogen (secondary N) is 2. The van der Waals surface area contributed by atoms with Gasteiger partial charge in [0.25, 0.3) is 0 Å². The van der Waals surface area contributed by atoms with Crippen molar-refractivity contribution in [1.29, 1.82) is 0 Å². The highest BCUT2D eigenvalue weighted by Gasteiger charge is 2.32. The van der Waals surface area contributed by atoms with Crippen LogP contribution in [0.5, 0.6) is 0 Å². The lowest BCUT2D eigenvalue weighted by atomic mass is 9.70. The molecule has 3 nitrogen and oxygen atoms in total. The standard InChI is InChI=1S/C17H24N2OS/c1-11-6-13(9-17(2,3)8-11)18-12-4-5-15-14(7-12)19-16(20)10-21-15/h4-5,7,11,13,18H,6,8-10H2,1-3H3,(H,19,20). The van der Waals surface area contributed by atoms with Gasteiger partial charge in [-0.1, -0.05) is 20.8 Å². The molecule has 2 atom stereocenters. The molecule has 114 valence electrons. The Morgan fingerprint density at radius 3 is 2.90 bits per heavy atom. The van der Waals surface area contributed by atoms with Gasteiger partial charge >= 0.3 is 0 Å². The topological polar surface area (TPSA) is 41.1 Å². The zero-order valence-electron chi connectivity index (χ0n) is 13.0. The average Bonchev–Trinajstić information content (AvgIpc) is 2.35. The number of anilines is 2. The molecule has 3 rings (SSSR count). The van der Waals surface area contributed by atoms with Gasteiger partial charge in [-0.2, -0.15) is 0 Å². The van der Waals surface area contributed by atoms with Crippen LogP contribution in [-0.4, -0.2) is 17.7 Å². The molecule has 1 aliphatic heterocycles. The summed E-state index contributed by atoms with van der Waals surface area (Å²) in [5.74, 6) is 1.38. The molecule has 21 heavy (non-hydrogen) atoms. The highest BCUT2D eigenvalue weighted by atomic mass is 32.2. The Kier molecular flexibility index (Phi) is 3.91. The van der Waals surface area contributed by atoms with E-state index in [1.165, 1.54) is 19.3 Å². The van der Waals surface area contributed by atoms with E-state index in [9.17, 15) is 4.79 Å². The van der Waals surface area contributed by atoms with Crippen molar-refractivity contribution in [3.05, 3.63) is 18.2 Å². The van der Waals surface area contributed by atoms with E-state index in [1.807, 2.05) is 0 Å². The lowest BCUT2D eigenvalue weighted by molar-refractivity contribution is -0.113. The minimum atomic E-state index is 0.0945. The van der Waals surface area contributed by atoms with E-state index in [0.29, 0.717) is 17.2 Å². The Balaban J connectivity index is 1.73. The van der Waals surface area contributed by atoms with E-state index < -0.39 is 0 Å². The summed E-state index contributed by atoms with van der Waals surface area (Å²) in [6.45, 7) is 7.07. The lowest BCUT2D eigenvalue weighted by Crippen LogP contribution is -2.35. The molecule has 1 saturated carbocycles. The van der Waals surface area contributed by atoms with Crippen LogP contribution in [0.1, 0.15) is 40.0 Å². The molecule has 0 spiro atoms. The first-order valence-corrected chi connectivity index (χ1v) is 8.73. The lowest BCUT2D eigenvalue weighted by Gasteiger charge is -2.39. The van der Waals surface area contributed by atoms with Crippen molar-refractivity contribution in [2.24, 2.45) is 11.3 Å². The normalized spacial score (nSPS) is 27.7. The molecule has 0 bridgehead atoms. The first kappa shape index (κ1) is 14.8. The van der Waals surface area contributed by atoms with Crippen LogP contribution in [0.15, 0.2) is 23.1 Å². The predicted molar refractivity (Wildman–Crippen MR) is 90.0 cm³/mol. The molecular weight excluding hydrogens is 280 g/mol. The first-order valence-electron chi connectivity index (χ1n) is 7.74. The van der Waals surface area contributed by atoms with Crippen molar-refractivity contribution in [2.75, 3.05) is 16.4 Å². The Morgan fingerprint density at radius 2 is 2.14 bits per heavy atom. The molecule has 1 aromatic rings. The van der Waals surface area contributed by atoms with Crippen LogP contribution < -0.4 is 10.6 Å². The van der Waals surface area contributed by atoms with Gasteiger partial charge in [-0.25, -0.2) is 0 Å². The number of thioether (sulfide) groups is 1. The van der Waals surface area contributed by atoms with Crippen molar-refractivity contribution in [3.63, 3.8) is 0 Å². The van der Waals surface area contributed by atoms with Crippen LogP contribution in [-0.2, 0) is 4.79 Å². The molecule has 4 heteroatoms. The van der Waals surface area contributed by atoms with Crippen molar-refractivity contribution in [1.82, 2.24) is 0 Å². The zero-order chi connectivity index (χ0) is 15.0. The Morgan fingerprint density at radius 1 is 1.33 bits per heavy atom. The van der Waals surface area contributed by atoms with Gasteiger partial charge < -0.3 is 10.6 Å². The quantitative estimate of drug-likeness (QED) is 0.853. The number of carbonyl (C=O) groups excluding carboxylic acids is 1. The third-order valence-electron chi connectivity index (χ3n) is 4.37. The van der Waals surface area contributed by atoms with Crippen LogP contribution in [0.2, 0.25) is 0 Å². The highest BCUT2D eigenvalue weighted by molar-refractivity contribution is 8.00. The minimum absolute atomic E-state index is 0.0945. The fraction of sp³-hybridized carbons (Fsp3) is 0.588. The third kappa shape index (κ3) is 3.54. The van der Waals surface area contributed by atoms with E-state index in [0.717, 1.165) is 22.2 Å². The van der Waals surface area contributed by atoms with E-state index in [4.69, 9.17) is 0 Å². The number of amides is 1. The van der Waals surface area contributed by atoms with E-state index in [-0.39, 0.29) is 5.91 Å². The molecule has 1 fully saturated rings. The summed E-state index contributed by atoms with van der Waals surface area (Å²) >= 11 is 1.61. The minimum Gasteiger partial charge on any atom is -0.382 e. The van der Waals surface area contributed by atoms with Gasteiger partial charge in [-0.05, 0) is 48.8 Å². The smallest absolute Gasteiger partial charge is 0.234 e. The Hall–Kier alpha value is -1.16. The van der Waals surface area contributed by atoms with Crippen LogP contribution in [0.25, 0.3) is 0 Å². The van der Waals surface area contributed by atoms with Crippen LogP contribution >= 0.6 is 11.8 Å². The van der Waals surface area contributed by atoms with Crippen molar-refractivity contribution < 1.29 is 4.79 Å². The molecule has 1 aromatic carbocycles. The number of hydrogen-bond acceptors (Lipinski definition) is 3. The summed E-state index contributed by atoms with van der Waals surface area (Å²) in [4.78, 5) is 12.7. The van der Waals surface area contributed by atoms with Gasteiger partial charge in [0.1, 0.15) is 0 Å². The molecular formula is C17H24N2OS. The molecule has 2 aliphatic rings. The third-order valence-corrected chi connectivity index (χ3v) is 5.44. The molecule has 1 amide bonds. The molecule has 1 aliphatic carbocycles. The number of fused-ring (bicyclic) bond motifs is 1. The summed E-state index contributed by atoms with van der Waals surface area (Å²) in [6, 6.07) is 6.84. The van der Waals surface area contributed by atoms with Crippen LogP contribution in [0.4, 0.5) is 11.4 Å². The van der Waals surface area contributed by atoms with Crippen molar-refractivity contribution in [2.45, 2.75) is 51.0 Å². The summed E-state index contributed by atoms with van der Waals surface area (Å²) in [7, 11) is 0. The van der Waals surface area contributed by atoms with Gasteiger partial charge in [0.15, 0.2) is 0 Å². The highest BCUT2D eigenvalue weighted by Crippen LogP contribution is 2.40. The summed E-state index contributed by atoms with van der Waals surface area (Å²) in [6.07, 6.45) is 3.74.